The Balaban J connectivity index is 4.46. The van der Waals surface area contributed by atoms with E-state index in [4.69, 9.17) is 11.7 Å². The third-order valence-electron chi connectivity index (χ3n) is 1.69. The largest absolute Gasteiger partial charge is 0.183 e. The van der Waals surface area contributed by atoms with Crippen molar-refractivity contribution in [3.8, 4) is 172 Å². The Morgan fingerprint density at radius 2 is 0.433 bits per heavy atom. The zero-order valence-corrected chi connectivity index (χ0v) is 15.0. The Morgan fingerprint density at radius 1 is 0.267 bits per heavy atom. The molecule has 0 aromatic rings. The summed E-state index contributed by atoms with van der Waals surface area (Å²) in [5, 5.41) is 8.14. The molecule has 0 bridgehead atoms. The van der Waals surface area contributed by atoms with Crippen LogP contribution in [0.1, 0.15) is 0 Å². The highest BCUT2D eigenvalue weighted by molar-refractivity contribution is 5.48. The summed E-state index contributed by atoms with van der Waals surface area (Å²) in [5.41, 5.74) is 0. The van der Waals surface area contributed by atoms with Gasteiger partial charge in [-0.05, 0) is 47.4 Å². The van der Waals surface area contributed by atoms with Crippen molar-refractivity contribution in [1.82, 2.24) is 0 Å². The number of nitrogens with zero attached hydrogens (tertiary/aromatic N) is 1. The van der Waals surface area contributed by atoms with Crippen LogP contribution >= 0.6 is 0 Å². The van der Waals surface area contributed by atoms with Crippen LogP contribution in [0.15, 0.2) is 0 Å². The van der Waals surface area contributed by atoms with E-state index >= 15 is 0 Å². The van der Waals surface area contributed by atoms with E-state index < -0.39 is 0 Å². The predicted molar refractivity (Wildman–Crippen MR) is 116 cm³/mol. The maximum Gasteiger partial charge on any atom is 0.153 e. The molecule has 30 heavy (non-hydrogen) atoms. The van der Waals surface area contributed by atoms with E-state index in [-0.39, 0.29) is 0 Å². The molecule has 0 unspecified atom stereocenters. The van der Waals surface area contributed by atoms with E-state index in [0.29, 0.717) is 0 Å². The molecule has 0 radical (unpaired) electrons. The van der Waals surface area contributed by atoms with Crippen molar-refractivity contribution in [2.75, 3.05) is 0 Å². The van der Waals surface area contributed by atoms with Crippen LogP contribution < -0.4 is 0 Å². The molecule has 0 amide bonds. The number of hydrogen-bond donors (Lipinski definition) is 0. The van der Waals surface area contributed by atoms with Gasteiger partial charge in [0.05, 0.1) is 0 Å². The molecular formula is C29HN. The van der Waals surface area contributed by atoms with E-state index in [2.05, 4.69) is 160 Å². The molecule has 0 fully saturated rings. The van der Waals surface area contributed by atoms with Crippen LogP contribution in [0.4, 0.5) is 0 Å². The third-order valence-corrected chi connectivity index (χ3v) is 1.69. The summed E-state index contributed by atoms with van der Waals surface area (Å²) < 4.78 is 0. The molecule has 122 valence electrons. The highest BCUT2D eigenvalue weighted by Gasteiger charge is 1.59. The first-order chi connectivity index (χ1) is 14.9. The van der Waals surface area contributed by atoms with E-state index in [9.17, 15) is 0 Å². The van der Waals surface area contributed by atoms with Crippen LogP contribution in [-0.4, -0.2) is 0 Å². The second-order valence-corrected chi connectivity index (χ2v) is 3.51. The van der Waals surface area contributed by atoms with Crippen LogP contribution in [0.2, 0.25) is 0 Å². The number of nitriles is 1. The van der Waals surface area contributed by atoms with Gasteiger partial charge in [0.25, 0.3) is 0 Å². The van der Waals surface area contributed by atoms with Crippen molar-refractivity contribution >= 4 is 0 Å². The smallest absolute Gasteiger partial charge is 0.153 e. The van der Waals surface area contributed by atoms with Crippen LogP contribution in [0, 0.1) is 178 Å². The molecule has 0 N–H and O–H groups in total. The SMILES string of the molecule is C#CC#CC#CC#CC#CC#CC#CC#CC#CC#CC#CC#CC#CC#CC#N. The molecule has 0 atom stereocenters. The first-order valence-electron chi connectivity index (χ1n) is 7.26. The summed E-state index contributed by atoms with van der Waals surface area (Å²) in [6, 6.07) is 1.62. The standard InChI is InChI=1S/C29HN/c1-2-3-4-5-6-7-8-9-10-11-12-13-14-15-16-17-18-19-20-21-22-23-24-25-26-27-28-29-30/h1H. The van der Waals surface area contributed by atoms with Crippen molar-refractivity contribution in [2.24, 2.45) is 0 Å². The van der Waals surface area contributed by atoms with E-state index in [1.54, 1.807) is 6.07 Å². The first kappa shape index (κ1) is 23.3. The predicted octanol–water partition coefficient (Wildman–Crippen LogP) is 0.187. The molecule has 0 aromatic heterocycles. The summed E-state index contributed by atoms with van der Waals surface area (Å²) in [7, 11) is 0. The third kappa shape index (κ3) is 21.3. The van der Waals surface area contributed by atoms with Crippen LogP contribution in [0.25, 0.3) is 0 Å². The molecule has 0 saturated heterocycles. The maximum absolute atomic E-state index is 8.14. The summed E-state index contributed by atoms with van der Waals surface area (Å²) in [4.78, 5) is 0. The van der Waals surface area contributed by atoms with Gasteiger partial charge in [-0.2, -0.15) is 5.26 Å². The van der Waals surface area contributed by atoms with Gasteiger partial charge < -0.3 is 0 Å². The van der Waals surface area contributed by atoms with Crippen molar-refractivity contribution in [3.05, 3.63) is 0 Å². The van der Waals surface area contributed by atoms with Gasteiger partial charge in [-0.15, -0.1) is 6.42 Å². The molecule has 0 aliphatic rings. The van der Waals surface area contributed by atoms with Crippen molar-refractivity contribution in [3.63, 3.8) is 0 Å². The van der Waals surface area contributed by atoms with Gasteiger partial charge in [-0.1, -0.05) is 0 Å². The molecule has 1 nitrogen and oxygen atoms in total. The second kappa shape index (κ2) is 22.3. The zero-order valence-electron chi connectivity index (χ0n) is 15.0. The van der Waals surface area contributed by atoms with Gasteiger partial charge in [0, 0.05) is 112 Å². The topological polar surface area (TPSA) is 23.8 Å². The molecule has 0 aromatic carbocycles. The molecule has 0 heterocycles. The van der Waals surface area contributed by atoms with Crippen LogP contribution in [-0.2, 0) is 0 Å². The monoisotopic (exact) mass is 363 g/mol. The van der Waals surface area contributed by atoms with Gasteiger partial charge in [0.15, 0.2) is 6.07 Å². The lowest BCUT2D eigenvalue weighted by Gasteiger charge is -1.57. The fourth-order valence-corrected chi connectivity index (χ4v) is 0.814. The van der Waals surface area contributed by atoms with Gasteiger partial charge >= 0.3 is 0 Å². The summed E-state index contributed by atoms with van der Waals surface area (Å²) in [6.45, 7) is 0. The van der Waals surface area contributed by atoms with E-state index in [1.165, 1.54) is 0 Å². The fourth-order valence-electron chi connectivity index (χ4n) is 0.814. The summed E-state index contributed by atoms with van der Waals surface area (Å²) in [5.74, 6) is 65.3. The number of terminal acetylenes is 1. The van der Waals surface area contributed by atoms with Crippen molar-refractivity contribution < 1.29 is 0 Å². The van der Waals surface area contributed by atoms with Gasteiger partial charge in [0.1, 0.15) is 0 Å². The van der Waals surface area contributed by atoms with E-state index in [0.717, 1.165) is 0 Å². The minimum Gasteiger partial charge on any atom is -0.183 e. The van der Waals surface area contributed by atoms with Crippen molar-refractivity contribution in [1.29, 1.82) is 5.26 Å². The van der Waals surface area contributed by atoms with Gasteiger partial charge in [-0.25, -0.2) is 0 Å². The van der Waals surface area contributed by atoms with Crippen molar-refractivity contribution in [2.45, 2.75) is 0 Å². The quantitative estimate of drug-likeness (QED) is 0.564. The van der Waals surface area contributed by atoms with E-state index in [1.807, 2.05) is 0 Å². The molecule has 0 rings (SSSR count). The Hall–Kier alpha value is -6.67. The molecule has 0 spiro atoms. The molecular weight excluding hydrogens is 362 g/mol. The average Bonchev–Trinajstić information content (AvgIpc) is 2.76. The second-order valence-electron chi connectivity index (χ2n) is 3.51. The lowest BCUT2D eigenvalue weighted by molar-refractivity contribution is 1.55. The average molecular weight is 363 g/mol. The normalized spacial score (nSPS) is 3.80. The lowest BCUT2D eigenvalue weighted by Crippen LogP contribution is -1.57. The minimum absolute atomic E-state index is 1.62. The number of rotatable bonds is 0. The Bertz CT molecular complexity index is 1480. The number of hydrogen-bond acceptors (Lipinski definition) is 1. The minimum atomic E-state index is 1.62. The summed E-state index contributed by atoms with van der Waals surface area (Å²) in [6.07, 6.45) is 4.91. The lowest BCUT2D eigenvalue weighted by atomic mass is 10.4. The van der Waals surface area contributed by atoms with Crippen LogP contribution in [0.3, 0.4) is 0 Å². The van der Waals surface area contributed by atoms with Gasteiger partial charge in [-0.3, -0.25) is 0 Å². The zero-order chi connectivity index (χ0) is 21.8. The Labute approximate surface area is 177 Å². The molecule has 0 aliphatic heterocycles. The maximum atomic E-state index is 8.14. The first-order valence-corrected chi connectivity index (χ1v) is 7.26. The van der Waals surface area contributed by atoms with Gasteiger partial charge in [0.2, 0.25) is 0 Å². The molecule has 0 aliphatic carbocycles. The van der Waals surface area contributed by atoms with Crippen LogP contribution in [0.5, 0.6) is 0 Å². The Morgan fingerprint density at radius 3 is 0.600 bits per heavy atom. The highest BCUT2D eigenvalue weighted by Crippen LogP contribution is 1.59. The molecule has 0 saturated carbocycles. The summed E-state index contributed by atoms with van der Waals surface area (Å²) >= 11 is 0. The molecule has 1 heteroatoms. The Kier molecular flexibility index (Phi) is 17.4. The fraction of sp³-hybridized carbons (Fsp3) is 0. The highest BCUT2D eigenvalue weighted by atomic mass is 14.2.